The Balaban J connectivity index is 1.81. The van der Waals surface area contributed by atoms with Gasteiger partial charge in [0.25, 0.3) is 5.69 Å². The second-order valence-electron chi connectivity index (χ2n) is 5.27. The smallest absolute Gasteiger partial charge is 0.270 e. The van der Waals surface area contributed by atoms with Gasteiger partial charge in [-0.2, -0.15) is 0 Å². The van der Waals surface area contributed by atoms with Crippen molar-refractivity contribution in [1.29, 1.82) is 0 Å². The molecule has 114 valence electrons. The lowest BCUT2D eigenvalue weighted by Gasteiger charge is -2.45. The first kappa shape index (κ1) is 14.4. The van der Waals surface area contributed by atoms with Crippen LogP contribution in [0, 0.1) is 16.0 Å². The first-order valence-corrected chi connectivity index (χ1v) is 8.02. The van der Waals surface area contributed by atoms with Gasteiger partial charge in [-0.1, -0.05) is 6.07 Å². The van der Waals surface area contributed by atoms with Crippen LogP contribution >= 0.6 is 0 Å². The highest BCUT2D eigenvalue weighted by Gasteiger charge is 2.53. The monoisotopic (exact) mass is 313 g/mol. The maximum atomic E-state index is 12.3. The lowest BCUT2D eigenvalue weighted by molar-refractivity contribution is -0.385. The number of ether oxygens (including phenoxy) is 1. The predicted octanol–water partition coefficient (Wildman–Crippen LogP) is -0.0123. The third-order valence-corrected chi connectivity index (χ3v) is 5.53. The van der Waals surface area contributed by atoms with E-state index in [0.717, 1.165) is 12.5 Å². The summed E-state index contributed by atoms with van der Waals surface area (Å²) >= 11 is 0. The minimum atomic E-state index is -3.86. The highest BCUT2D eigenvalue weighted by atomic mass is 32.2. The predicted molar refractivity (Wildman–Crippen MR) is 73.0 cm³/mol. The Labute approximate surface area is 121 Å². The molecule has 21 heavy (non-hydrogen) atoms. The van der Waals surface area contributed by atoms with Gasteiger partial charge in [-0.25, -0.2) is 13.1 Å². The summed E-state index contributed by atoms with van der Waals surface area (Å²) in [5, 5.41) is 10.7. The van der Waals surface area contributed by atoms with Crippen molar-refractivity contribution in [3.8, 4) is 0 Å². The summed E-state index contributed by atoms with van der Waals surface area (Å²) in [5.41, 5.74) is 5.68. The maximum absolute atomic E-state index is 12.3. The molecule has 0 bridgehead atoms. The number of non-ortho nitro benzene ring substituents is 1. The fourth-order valence-electron chi connectivity index (χ4n) is 2.91. The molecule has 2 fully saturated rings. The molecule has 4 unspecified atom stereocenters. The molecular formula is C12H15N3O5S. The van der Waals surface area contributed by atoms with Gasteiger partial charge in [0, 0.05) is 30.7 Å². The fourth-order valence-corrected chi connectivity index (χ4v) is 4.23. The zero-order chi connectivity index (χ0) is 15.2. The second kappa shape index (κ2) is 5.02. The van der Waals surface area contributed by atoms with E-state index in [1.54, 1.807) is 0 Å². The Bertz CT molecular complexity index is 677. The highest BCUT2D eigenvalue weighted by molar-refractivity contribution is 7.89. The van der Waals surface area contributed by atoms with E-state index >= 15 is 0 Å². The maximum Gasteiger partial charge on any atom is 0.270 e. The Kier molecular flexibility index (Phi) is 3.44. The van der Waals surface area contributed by atoms with Crippen LogP contribution in [0.25, 0.3) is 0 Å². The fraction of sp³-hybridized carbons (Fsp3) is 0.500. The number of benzene rings is 1. The average Bonchev–Trinajstić information content (AvgIpc) is 2.90. The van der Waals surface area contributed by atoms with E-state index in [2.05, 4.69) is 4.72 Å². The van der Waals surface area contributed by atoms with Crippen molar-refractivity contribution in [2.45, 2.75) is 29.5 Å². The standard InChI is InChI=1S/C12H15N3O5S/c13-10-9-4-5-20-12(9)11(10)14-21(18,19)8-3-1-2-7(6-8)15(16)17/h1-3,6,9-12,14H,4-5,13H2. The van der Waals surface area contributed by atoms with E-state index in [1.807, 2.05) is 0 Å². The van der Waals surface area contributed by atoms with E-state index < -0.39 is 21.0 Å². The van der Waals surface area contributed by atoms with E-state index in [4.69, 9.17) is 10.5 Å². The zero-order valence-electron chi connectivity index (χ0n) is 11.0. The first-order chi connectivity index (χ1) is 9.90. The first-order valence-electron chi connectivity index (χ1n) is 6.54. The van der Waals surface area contributed by atoms with Gasteiger partial charge in [0.05, 0.1) is 22.0 Å². The SMILES string of the molecule is NC1C2CCOC2C1NS(=O)(=O)c1cccc([N+](=O)[O-])c1. The minimum absolute atomic E-state index is 0.148. The molecule has 1 heterocycles. The Morgan fingerprint density at radius 2 is 2.19 bits per heavy atom. The largest absolute Gasteiger partial charge is 0.376 e. The van der Waals surface area contributed by atoms with E-state index in [9.17, 15) is 18.5 Å². The summed E-state index contributed by atoms with van der Waals surface area (Å²) < 4.78 is 32.6. The van der Waals surface area contributed by atoms with Crippen molar-refractivity contribution >= 4 is 15.7 Å². The third-order valence-electron chi connectivity index (χ3n) is 4.08. The van der Waals surface area contributed by atoms with E-state index in [-0.39, 0.29) is 28.6 Å². The summed E-state index contributed by atoms with van der Waals surface area (Å²) in [7, 11) is -3.86. The van der Waals surface area contributed by atoms with E-state index in [1.165, 1.54) is 18.2 Å². The van der Waals surface area contributed by atoms with Crippen molar-refractivity contribution < 1.29 is 18.1 Å². The molecule has 0 amide bonds. The quantitative estimate of drug-likeness (QED) is 0.595. The molecular weight excluding hydrogens is 298 g/mol. The number of hydrogen-bond acceptors (Lipinski definition) is 6. The van der Waals surface area contributed by atoms with Crippen LogP contribution in [-0.2, 0) is 14.8 Å². The van der Waals surface area contributed by atoms with Crippen molar-refractivity contribution in [2.75, 3.05) is 6.61 Å². The molecule has 3 rings (SSSR count). The molecule has 9 heteroatoms. The van der Waals surface area contributed by atoms with Gasteiger partial charge in [0.2, 0.25) is 10.0 Å². The average molecular weight is 313 g/mol. The number of nitro groups is 1. The van der Waals surface area contributed by atoms with Gasteiger partial charge in [0.15, 0.2) is 0 Å². The lowest BCUT2D eigenvalue weighted by Crippen LogP contribution is -2.68. The molecule has 1 aliphatic heterocycles. The zero-order valence-corrected chi connectivity index (χ0v) is 11.8. The van der Waals surface area contributed by atoms with Gasteiger partial charge < -0.3 is 10.5 Å². The lowest BCUT2D eigenvalue weighted by atomic mass is 9.73. The number of nitro benzene ring substituents is 1. The normalized spacial score (nSPS) is 31.5. The number of nitrogens with one attached hydrogen (secondary N) is 1. The number of nitrogens with zero attached hydrogens (tertiary/aromatic N) is 1. The molecule has 1 aliphatic carbocycles. The van der Waals surface area contributed by atoms with Crippen LogP contribution in [0.4, 0.5) is 5.69 Å². The third kappa shape index (κ3) is 2.42. The van der Waals surface area contributed by atoms with Gasteiger partial charge >= 0.3 is 0 Å². The molecule has 1 saturated heterocycles. The molecule has 1 aromatic carbocycles. The van der Waals surface area contributed by atoms with Crippen LogP contribution < -0.4 is 10.5 Å². The molecule has 3 N–H and O–H groups in total. The summed E-state index contributed by atoms with van der Waals surface area (Å²) in [6, 6.07) is 4.14. The molecule has 0 radical (unpaired) electrons. The van der Waals surface area contributed by atoms with Crippen molar-refractivity contribution in [3.63, 3.8) is 0 Å². The molecule has 0 aromatic heterocycles. The molecule has 2 aliphatic rings. The molecule has 1 saturated carbocycles. The summed E-state index contributed by atoms with van der Waals surface area (Å²) in [6.07, 6.45) is 0.634. The van der Waals surface area contributed by atoms with Crippen molar-refractivity contribution in [2.24, 2.45) is 11.7 Å². The van der Waals surface area contributed by atoms with Gasteiger partial charge in [0.1, 0.15) is 0 Å². The molecule has 4 atom stereocenters. The van der Waals surface area contributed by atoms with Crippen LogP contribution in [0.15, 0.2) is 29.2 Å². The van der Waals surface area contributed by atoms with Crippen LogP contribution in [-0.4, -0.2) is 38.1 Å². The van der Waals surface area contributed by atoms with Gasteiger partial charge in [-0.15, -0.1) is 0 Å². The number of hydrogen-bond donors (Lipinski definition) is 2. The highest BCUT2D eigenvalue weighted by Crippen LogP contribution is 2.38. The van der Waals surface area contributed by atoms with Crippen LogP contribution in [0.3, 0.4) is 0 Å². The van der Waals surface area contributed by atoms with Crippen molar-refractivity contribution in [1.82, 2.24) is 4.72 Å². The van der Waals surface area contributed by atoms with E-state index in [0.29, 0.717) is 6.61 Å². The topological polar surface area (TPSA) is 125 Å². The van der Waals surface area contributed by atoms with Gasteiger partial charge in [-0.05, 0) is 12.5 Å². The number of sulfonamides is 1. The summed E-state index contributed by atoms with van der Waals surface area (Å²) in [5.74, 6) is 0.183. The summed E-state index contributed by atoms with van der Waals surface area (Å²) in [6.45, 7) is 0.581. The van der Waals surface area contributed by atoms with Crippen LogP contribution in [0.1, 0.15) is 6.42 Å². The Hall–Kier alpha value is -1.55. The van der Waals surface area contributed by atoms with Crippen LogP contribution in [0.5, 0.6) is 0 Å². The number of fused-ring (bicyclic) bond motifs is 1. The molecule has 1 aromatic rings. The molecule has 0 spiro atoms. The van der Waals surface area contributed by atoms with Crippen molar-refractivity contribution in [3.05, 3.63) is 34.4 Å². The Morgan fingerprint density at radius 1 is 1.43 bits per heavy atom. The van der Waals surface area contributed by atoms with Crippen LogP contribution in [0.2, 0.25) is 0 Å². The minimum Gasteiger partial charge on any atom is -0.376 e. The number of nitrogens with two attached hydrogens (primary N) is 1. The Morgan fingerprint density at radius 3 is 2.90 bits per heavy atom. The number of rotatable bonds is 4. The molecule has 8 nitrogen and oxygen atoms in total. The second-order valence-corrected chi connectivity index (χ2v) is 6.98. The van der Waals surface area contributed by atoms with Gasteiger partial charge in [-0.3, -0.25) is 10.1 Å². The summed E-state index contributed by atoms with van der Waals surface area (Å²) in [4.78, 5) is 9.94.